The Balaban J connectivity index is 1.66. The van der Waals surface area contributed by atoms with Gasteiger partial charge in [-0.2, -0.15) is 0 Å². The number of rotatable bonds is 3. The van der Waals surface area contributed by atoms with Crippen LogP contribution in [0.1, 0.15) is 27.9 Å². The second kappa shape index (κ2) is 4.40. The Morgan fingerprint density at radius 1 is 1.27 bits per heavy atom. The molecule has 1 aliphatic carbocycles. The number of halogens is 1. The van der Waals surface area contributed by atoms with Crippen LogP contribution in [0, 0.1) is 11.7 Å². The highest BCUT2D eigenvalue weighted by Crippen LogP contribution is 2.60. The van der Waals surface area contributed by atoms with Gasteiger partial charge in [0.15, 0.2) is 5.60 Å². The zero-order valence-electron chi connectivity index (χ0n) is 11.5. The van der Waals surface area contributed by atoms with Crippen LogP contribution < -0.4 is 0 Å². The largest absolute Gasteiger partial charge is 0.478 e. The molecule has 2 atom stereocenters. The number of hydrogen-bond donors (Lipinski definition) is 1. The molecule has 0 amide bonds. The first-order chi connectivity index (χ1) is 10.6. The van der Waals surface area contributed by atoms with Crippen molar-refractivity contribution in [3.8, 4) is 0 Å². The van der Waals surface area contributed by atoms with Crippen molar-refractivity contribution in [3.05, 3.63) is 71.0 Å². The van der Waals surface area contributed by atoms with Crippen LogP contribution in [0.4, 0.5) is 4.39 Å². The molecule has 5 heteroatoms. The Morgan fingerprint density at radius 3 is 2.82 bits per heavy atom. The van der Waals surface area contributed by atoms with E-state index in [9.17, 15) is 9.18 Å². The Hall–Kier alpha value is -2.69. The third-order valence-electron chi connectivity index (χ3n) is 4.27. The number of hydrogen-bond acceptors (Lipinski definition) is 3. The van der Waals surface area contributed by atoms with Crippen LogP contribution in [0.5, 0.6) is 0 Å². The molecule has 1 N–H and O–H groups in total. The fourth-order valence-electron chi connectivity index (χ4n) is 3.05. The monoisotopic (exact) mass is 297 g/mol. The summed E-state index contributed by atoms with van der Waals surface area (Å²) in [5.41, 5.74) is 1.86. The van der Waals surface area contributed by atoms with Gasteiger partial charge >= 0.3 is 5.97 Å². The highest BCUT2D eigenvalue weighted by atomic mass is 19.1. The van der Waals surface area contributed by atoms with E-state index in [1.54, 1.807) is 18.2 Å². The van der Waals surface area contributed by atoms with Crippen LogP contribution in [0.3, 0.4) is 0 Å². The molecule has 2 aromatic carbocycles. The summed E-state index contributed by atoms with van der Waals surface area (Å²) < 4.78 is 13.4. The van der Waals surface area contributed by atoms with Gasteiger partial charge in [-0.15, -0.1) is 0 Å². The van der Waals surface area contributed by atoms with Crippen LogP contribution in [0.25, 0.3) is 0 Å². The summed E-state index contributed by atoms with van der Waals surface area (Å²) in [6.45, 7) is 0. The van der Waals surface area contributed by atoms with Crippen LogP contribution in [0.15, 0.2) is 53.7 Å². The Morgan fingerprint density at radius 2 is 2.09 bits per heavy atom. The molecule has 4 nitrogen and oxygen atoms in total. The SMILES string of the molecule is O=C(O)c1cccc(C2=NOC3(c4cccc(F)c4)CC23)c1. The van der Waals surface area contributed by atoms with Crippen LogP contribution in [0.2, 0.25) is 0 Å². The minimum Gasteiger partial charge on any atom is -0.478 e. The standard InChI is InChI=1S/C17H12FNO3/c18-13-6-2-5-12(8-13)17-9-14(17)15(19-22-17)10-3-1-4-11(7-10)16(20)21/h1-8,14H,9H2,(H,20,21). The summed E-state index contributed by atoms with van der Waals surface area (Å²) in [7, 11) is 0. The van der Waals surface area contributed by atoms with E-state index in [4.69, 9.17) is 9.94 Å². The number of carboxylic acids is 1. The lowest BCUT2D eigenvalue weighted by atomic mass is 9.99. The summed E-state index contributed by atoms with van der Waals surface area (Å²) in [5.74, 6) is -1.24. The fraction of sp³-hybridized carbons (Fsp3) is 0.176. The number of oxime groups is 1. The molecule has 22 heavy (non-hydrogen) atoms. The van der Waals surface area contributed by atoms with Gasteiger partial charge in [-0.1, -0.05) is 29.4 Å². The van der Waals surface area contributed by atoms with E-state index in [0.29, 0.717) is 0 Å². The predicted octanol–water partition coefficient (Wildman–Crippen LogP) is 3.17. The topological polar surface area (TPSA) is 58.9 Å². The van der Waals surface area contributed by atoms with Gasteiger partial charge in [0.1, 0.15) is 5.82 Å². The van der Waals surface area contributed by atoms with Crippen molar-refractivity contribution in [3.63, 3.8) is 0 Å². The molecular weight excluding hydrogens is 285 g/mol. The van der Waals surface area contributed by atoms with Crippen LogP contribution >= 0.6 is 0 Å². The first-order valence-electron chi connectivity index (χ1n) is 6.96. The molecule has 4 rings (SSSR count). The van der Waals surface area contributed by atoms with Crippen molar-refractivity contribution in [2.45, 2.75) is 12.0 Å². The second-order valence-corrected chi connectivity index (χ2v) is 5.61. The maximum absolute atomic E-state index is 13.4. The van der Waals surface area contributed by atoms with E-state index in [0.717, 1.165) is 23.3 Å². The maximum atomic E-state index is 13.4. The number of nitrogens with zero attached hydrogens (tertiary/aromatic N) is 1. The molecule has 0 bridgehead atoms. The van der Waals surface area contributed by atoms with Crippen molar-refractivity contribution < 1.29 is 19.1 Å². The fourth-order valence-corrected chi connectivity index (χ4v) is 3.05. The highest BCUT2D eigenvalue weighted by molar-refractivity contribution is 6.07. The third-order valence-corrected chi connectivity index (χ3v) is 4.27. The molecule has 110 valence electrons. The minimum absolute atomic E-state index is 0.0401. The number of carboxylic acid groups (broad SMARTS) is 1. The van der Waals surface area contributed by atoms with E-state index in [-0.39, 0.29) is 17.3 Å². The van der Waals surface area contributed by atoms with Crippen molar-refractivity contribution in [2.24, 2.45) is 11.1 Å². The summed E-state index contributed by atoms with van der Waals surface area (Å²) in [5, 5.41) is 13.2. The Labute approximate surface area is 125 Å². The van der Waals surface area contributed by atoms with Gasteiger partial charge in [-0.25, -0.2) is 9.18 Å². The summed E-state index contributed by atoms with van der Waals surface area (Å²) in [6.07, 6.45) is 0.729. The van der Waals surface area contributed by atoms with E-state index in [1.807, 2.05) is 12.1 Å². The van der Waals surface area contributed by atoms with Gasteiger partial charge in [0.25, 0.3) is 0 Å². The number of aromatic carboxylic acids is 1. The number of benzene rings is 2. The maximum Gasteiger partial charge on any atom is 0.335 e. The molecular formula is C17H12FNO3. The number of fused-ring (bicyclic) bond motifs is 1. The van der Waals surface area contributed by atoms with Crippen molar-refractivity contribution in [1.29, 1.82) is 0 Å². The molecule has 2 unspecified atom stereocenters. The zero-order chi connectivity index (χ0) is 15.3. The quantitative estimate of drug-likeness (QED) is 0.946. The smallest absolute Gasteiger partial charge is 0.335 e. The molecule has 0 radical (unpaired) electrons. The van der Waals surface area contributed by atoms with Gasteiger partial charge in [0.05, 0.1) is 17.2 Å². The van der Waals surface area contributed by atoms with E-state index < -0.39 is 11.6 Å². The Bertz CT molecular complexity index is 817. The predicted molar refractivity (Wildman–Crippen MR) is 77.2 cm³/mol. The highest BCUT2D eigenvalue weighted by Gasteiger charge is 2.65. The van der Waals surface area contributed by atoms with Crippen LogP contribution in [-0.4, -0.2) is 16.8 Å². The van der Waals surface area contributed by atoms with E-state index in [2.05, 4.69) is 5.16 Å². The van der Waals surface area contributed by atoms with Gasteiger partial charge in [0.2, 0.25) is 0 Å². The average Bonchev–Trinajstić information content (AvgIpc) is 3.14. The van der Waals surface area contributed by atoms with Gasteiger partial charge in [-0.3, -0.25) is 0 Å². The van der Waals surface area contributed by atoms with Gasteiger partial charge in [0, 0.05) is 17.5 Å². The Kier molecular flexibility index (Phi) is 2.60. The molecule has 1 fully saturated rings. The zero-order valence-corrected chi connectivity index (χ0v) is 11.5. The third kappa shape index (κ3) is 1.82. The van der Waals surface area contributed by atoms with Gasteiger partial charge < -0.3 is 9.94 Å². The van der Waals surface area contributed by atoms with Gasteiger partial charge in [-0.05, 0) is 24.3 Å². The molecule has 1 saturated carbocycles. The molecule has 0 saturated heterocycles. The van der Waals surface area contributed by atoms with E-state index in [1.165, 1.54) is 18.2 Å². The van der Waals surface area contributed by atoms with E-state index >= 15 is 0 Å². The lowest BCUT2D eigenvalue weighted by Crippen LogP contribution is -2.10. The summed E-state index contributed by atoms with van der Waals surface area (Å²) in [6, 6.07) is 13.0. The molecule has 0 spiro atoms. The van der Waals surface area contributed by atoms with Crippen LogP contribution in [-0.2, 0) is 10.4 Å². The first-order valence-corrected chi connectivity index (χ1v) is 6.96. The van der Waals surface area contributed by atoms with Crippen molar-refractivity contribution in [2.75, 3.05) is 0 Å². The lowest BCUT2D eigenvalue weighted by molar-refractivity contribution is 0.0447. The molecule has 1 aliphatic heterocycles. The molecule has 2 aromatic rings. The normalized spacial score (nSPS) is 25.1. The lowest BCUT2D eigenvalue weighted by Gasteiger charge is -2.10. The second-order valence-electron chi connectivity index (χ2n) is 5.61. The van der Waals surface area contributed by atoms with Crippen molar-refractivity contribution >= 4 is 11.7 Å². The summed E-state index contributed by atoms with van der Waals surface area (Å²) >= 11 is 0. The van der Waals surface area contributed by atoms with Crippen molar-refractivity contribution in [1.82, 2.24) is 0 Å². The average molecular weight is 297 g/mol. The summed E-state index contributed by atoms with van der Waals surface area (Å²) in [4.78, 5) is 16.7. The minimum atomic E-state index is -0.978. The number of carbonyl (C=O) groups is 1. The molecule has 1 heterocycles. The first kappa shape index (κ1) is 13.0. The molecule has 0 aromatic heterocycles. The molecule has 2 aliphatic rings.